The Kier molecular flexibility index (Phi) is 9.99. The highest BCUT2D eigenvalue weighted by Gasteiger charge is 2.29. The Bertz CT molecular complexity index is 681. The predicted octanol–water partition coefficient (Wildman–Crippen LogP) is 10.6. The second-order valence-corrected chi connectivity index (χ2v) is 12.0. The van der Waals surface area contributed by atoms with Crippen LogP contribution in [0.25, 0.3) is 0 Å². The van der Waals surface area contributed by atoms with Gasteiger partial charge in [-0.3, -0.25) is 0 Å². The Morgan fingerprint density at radius 2 is 1.18 bits per heavy atom. The Labute approximate surface area is 206 Å². The lowest BCUT2D eigenvalue weighted by atomic mass is 9.70. The van der Waals surface area contributed by atoms with Crippen molar-refractivity contribution < 1.29 is 0 Å². The van der Waals surface area contributed by atoms with E-state index in [0.717, 1.165) is 35.5 Å². The maximum atomic E-state index is 2.63. The van der Waals surface area contributed by atoms with Crippen molar-refractivity contribution in [3.63, 3.8) is 0 Å². The van der Waals surface area contributed by atoms with Crippen LogP contribution in [0.4, 0.5) is 0 Å². The monoisotopic (exact) mass is 448 g/mol. The number of rotatable bonds is 10. The van der Waals surface area contributed by atoms with Gasteiger partial charge >= 0.3 is 0 Å². The molecule has 2 fully saturated rings. The van der Waals surface area contributed by atoms with Crippen molar-refractivity contribution in [2.75, 3.05) is 0 Å². The van der Waals surface area contributed by atoms with Crippen LogP contribution < -0.4 is 0 Å². The fraction of sp³-hybridized carbons (Fsp3) is 0.758. The van der Waals surface area contributed by atoms with E-state index in [1.807, 2.05) is 0 Å². The van der Waals surface area contributed by atoms with Crippen LogP contribution in [-0.2, 0) is 0 Å². The van der Waals surface area contributed by atoms with Gasteiger partial charge in [-0.2, -0.15) is 0 Å². The fourth-order valence-electron chi connectivity index (χ4n) is 7.39. The molecule has 0 heterocycles. The lowest BCUT2D eigenvalue weighted by Crippen LogP contribution is -2.22. The van der Waals surface area contributed by atoms with E-state index in [-0.39, 0.29) is 0 Å². The second-order valence-electron chi connectivity index (χ2n) is 12.0. The van der Waals surface area contributed by atoms with E-state index in [1.54, 1.807) is 11.1 Å². The van der Waals surface area contributed by atoms with Gasteiger partial charge in [-0.15, -0.1) is 0 Å². The number of allylic oxidation sites excluding steroid dienone is 2. The lowest BCUT2D eigenvalue weighted by molar-refractivity contribution is 0.239. The maximum Gasteiger partial charge on any atom is -0.0162 e. The maximum absolute atomic E-state index is 2.63. The van der Waals surface area contributed by atoms with E-state index < -0.39 is 0 Å². The minimum Gasteiger partial charge on any atom is -0.0851 e. The van der Waals surface area contributed by atoms with Gasteiger partial charge in [0.1, 0.15) is 0 Å². The van der Waals surface area contributed by atoms with Crippen LogP contribution in [0.3, 0.4) is 0 Å². The normalized spacial score (nSPS) is 32.7. The summed E-state index contributed by atoms with van der Waals surface area (Å²) in [5.74, 6) is 5.38. The highest BCUT2D eigenvalue weighted by Crippen LogP contribution is 2.43. The van der Waals surface area contributed by atoms with Gasteiger partial charge in [-0.25, -0.2) is 0 Å². The Balaban J connectivity index is 1.20. The highest BCUT2D eigenvalue weighted by atomic mass is 14.3. The molecule has 3 aliphatic rings. The number of benzene rings is 1. The SMILES string of the molecule is CCCCCC1CCC(c2ccc(C3CCC(C4C=CC(CCCC)CC4)CC3)cc2)CC1. The molecule has 0 radical (unpaired) electrons. The van der Waals surface area contributed by atoms with Crippen LogP contribution in [-0.4, -0.2) is 0 Å². The zero-order valence-electron chi connectivity index (χ0n) is 21.9. The molecule has 0 bridgehead atoms. The first-order valence-electron chi connectivity index (χ1n) is 15.0. The minimum absolute atomic E-state index is 0.814. The summed E-state index contributed by atoms with van der Waals surface area (Å²) in [6, 6.07) is 10.0. The van der Waals surface area contributed by atoms with Crippen LogP contribution in [0.15, 0.2) is 36.4 Å². The summed E-state index contributed by atoms with van der Waals surface area (Å²) in [5.41, 5.74) is 3.26. The quantitative estimate of drug-likeness (QED) is 0.246. The van der Waals surface area contributed by atoms with Crippen molar-refractivity contribution >= 4 is 0 Å². The highest BCUT2D eigenvalue weighted by molar-refractivity contribution is 5.28. The third-order valence-corrected chi connectivity index (χ3v) is 9.75. The van der Waals surface area contributed by atoms with Crippen LogP contribution in [0.5, 0.6) is 0 Å². The van der Waals surface area contributed by atoms with E-state index in [2.05, 4.69) is 50.3 Å². The van der Waals surface area contributed by atoms with Crippen molar-refractivity contribution in [3.8, 4) is 0 Å². The predicted molar refractivity (Wildman–Crippen MR) is 145 cm³/mol. The Hall–Kier alpha value is -1.04. The molecule has 3 aliphatic carbocycles. The van der Waals surface area contributed by atoms with Gasteiger partial charge in [0.05, 0.1) is 0 Å². The molecule has 4 rings (SSSR count). The average Bonchev–Trinajstić information content (AvgIpc) is 2.89. The summed E-state index contributed by atoms with van der Waals surface area (Å²) < 4.78 is 0. The molecular formula is C33H52. The van der Waals surface area contributed by atoms with Crippen LogP contribution >= 0.6 is 0 Å². The van der Waals surface area contributed by atoms with Gasteiger partial charge < -0.3 is 0 Å². The van der Waals surface area contributed by atoms with E-state index in [9.17, 15) is 0 Å². The molecule has 33 heavy (non-hydrogen) atoms. The molecular weight excluding hydrogens is 396 g/mol. The number of unbranched alkanes of at least 4 members (excludes halogenated alkanes) is 3. The summed E-state index contributed by atoms with van der Waals surface area (Å²) in [6.45, 7) is 4.64. The van der Waals surface area contributed by atoms with Crippen molar-refractivity contribution in [2.24, 2.45) is 23.7 Å². The third kappa shape index (κ3) is 7.22. The minimum atomic E-state index is 0.814. The van der Waals surface area contributed by atoms with Crippen LogP contribution in [0.1, 0.15) is 146 Å². The number of hydrogen-bond acceptors (Lipinski definition) is 0. The van der Waals surface area contributed by atoms with Gasteiger partial charge in [-0.05, 0) is 117 Å². The first-order valence-corrected chi connectivity index (χ1v) is 15.0. The zero-order chi connectivity index (χ0) is 22.9. The Morgan fingerprint density at radius 1 is 0.576 bits per heavy atom. The first kappa shape index (κ1) is 25.1. The molecule has 0 saturated heterocycles. The summed E-state index contributed by atoms with van der Waals surface area (Å²) in [4.78, 5) is 0. The van der Waals surface area contributed by atoms with Crippen molar-refractivity contribution in [2.45, 2.75) is 135 Å². The van der Waals surface area contributed by atoms with Gasteiger partial charge in [0.15, 0.2) is 0 Å². The van der Waals surface area contributed by atoms with Gasteiger partial charge in [0, 0.05) is 0 Å². The number of hydrogen-bond donors (Lipinski definition) is 0. The van der Waals surface area contributed by atoms with Crippen LogP contribution in [0, 0.1) is 23.7 Å². The molecule has 2 atom stereocenters. The summed E-state index contributed by atoms with van der Waals surface area (Å²) in [6.07, 6.45) is 29.5. The molecule has 0 spiro atoms. The summed E-state index contributed by atoms with van der Waals surface area (Å²) >= 11 is 0. The third-order valence-electron chi connectivity index (χ3n) is 9.75. The van der Waals surface area contributed by atoms with E-state index in [4.69, 9.17) is 0 Å². The molecule has 2 unspecified atom stereocenters. The molecule has 0 amide bonds. The van der Waals surface area contributed by atoms with Gasteiger partial charge in [-0.1, -0.05) is 88.8 Å². The molecule has 184 valence electrons. The first-order chi connectivity index (χ1) is 16.3. The lowest BCUT2D eigenvalue weighted by Gasteiger charge is -2.35. The van der Waals surface area contributed by atoms with Gasteiger partial charge in [0.25, 0.3) is 0 Å². The standard InChI is InChI=1S/C33H52/c1-3-5-7-9-27-12-16-29(17-13-27)31-20-24-33(25-21-31)32-22-18-30(19-23-32)28-14-10-26(11-15-28)8-6-4-2/h10,14,20-21,24-30,32H,3-9,11-13,15-19,22-23H2,1-2H3. The fourth-order valence-corrected chi connectivity index (χ4v) is 7.39. The molecule has 0 aliphatic heterocycles. The molecule has 0 aromatic heterocycles. The smallest absolute Gasteiger partial charge is 0.0162 e. The molecule has 0 nitrogen and oxygen atoms in total. The van der Waals surface area contributed by atoms with E-state index >= 15 is 0 Å². The van der Waals surface area contributed by atoms with Crippen molar-refractivity contribution in [1.29, 1.82) is 0 Å². The molecule has 0 N–H and O–H groups in total. The van der Waals surface area contributed by atoms with E-state index in [1.165, 1.54) is 109 Å². The van der Waals surface area contributed by atoms with Crippen molar-refractivity contribution in [1.82, 2.24) is 0 Å². The van der Waals surface area contributed by atoms with Crippen molar-refractivity contribution in [3.05, 3.63) is 47.5 Å². The molecule has 1 aromatic rings. The topological polar surface area (TPSA) is 0 Å². The average molecular weight is 449 g/mol. The second kappa shape index (κ2) is 13.2. The zero-order valence-corrected chi connectivity index (χ0v) is 21.9. The summed E-state index contributed by atoms with van der Waals surface area (Å²) in [5, 5.41) is 0. The summed E-state index contributed by atoms with van der Waals surface area (Å²) in [7, 11) is 0. The molecule has 0 heteroatoms. The van der Waals surface area contributed by atoms with Crippen LogP contribution in [0.2, 0.25) is 0 Å². The van der Waals surface area contributed by atoms with E-state index in [0.29, 0.717) is 0 Å². The van der Waals surface area contributed by atoms with Gasteiger partial charge in [0.2, 0.25) is 0 Å². The molecule has 2 saturated carbocycles. The largest absolute Gasteiger partial charge is 0.0851 e. The molecule has 1 aromatic carbocycles. The Morgan fingerprint density at radius 3 is 1.73 bits per heavy atom.